The number of nitrogens with one attached hydrogen (secondary N) is 2. The van der Waals surface area contributed by atoms with Crippen molar-refractivity contribution in [3.63, 3.8) is 0 Å². The molecule has 3 rings (SSSR count). The van der Waals surface area contributed by atoms with Gasteiger partial charge in [0, 0.05) is 24.6 Å². The fourth-order valence-electron chi connectivity index (χ4n) is 2.71. The molecule has 0 aliphatic rings. The molecular weight excluding hydrogens is 322 g/mol. The van der Waals surface area contributed by atoms with E-state index in [1.165, 1.54) is 16.7 Å². The first-order valence-corrected chi connectivity index (χ1v) is 8.64. The second-order valence-electron chi connectivity index (χ2n) is 6.56. The molecule has 0 spiro atoms. The zero-order valence-electron chi connectivity index (χ0n) is 15.3. The van der Waals surface area contributed by atoms with E-state index in [1.54, 1.807) is 12.4 Å². The Balaban J connectivity index is 1.67. The number of rotatable bonds is 5. The monoisotopic (exact) mass is 345 g/mol. The van der Waals surface area contributed by atoms with Crippen molar-refractivity contribution in [2.24, 2.45) is 0 Å². The molecule has 0 bridgehead atoms. The van der Waals surface area contributed by atoms with Gasteiger partial charge in [0.05, 0.1) is 11.3 Å². The highest BCUT2D eigenvalue weighted by molar-refractivity contribution is 6.04. The Kier molecular flexibility index (Phi) is 5.32. The number of amides is 1. The van der Waals surface area contributed by atoms with Gasteiger partial charge in [-0.15, -0.1) is 0 Å². The summed E-state index contributed by atoms with van der Waals surface area (Å²) in [4.78, 5) is 16.7. The van der Waals surface area contributed by atoms with Crippen molar-refractivity contribution in [3.8, 4) is 0 Å². The molecule has 0 aliphatic carbocycles. The quantitative estimate of drug-likeness (QED) is 0.693. The summed E-state index contributed by atoms with van der Waals surface area (Å²) >= 11 is 0. The zero-order chi connectivity index (χ0) is 18.5. The van der Waals surface area contributed by atoms with Crippen LogP contribution in [0, 0.1) is 20.8 Å². The molecule has 0 atom stereocenters. The van der Waals surface area contributed by atoms with Crippen LogP contribution in [-0.2, 0) is 6.54 Å². The lowest BCUT2D eigenvalue weighted by molar-refractivity contribution is 0.102. The Bertz CT molecular complexity index is 934. The Morgan fingerprint density at radius 3 is 2.54 bits per heavy atom. The minimum absolute atomic E-state index is 0.167. The summed E-state index contributed by atoms with van der Waals surface area (Å²) < 4.78 is 0. The van der Waals surface area contributed by atoms with Crippen molar-refractivity contribution in [3.05, 3.63) is 88.7 Å². The number of carbonyl (C=O) groups excluding carboxylic acids is 1. The smallest absolute Gasteiger partial charge is 0.257 e. The van der Waals surface area contributed by atoms with Crippen molar-refractivity contribution >= 4 is 17.3 Å². The first kappa shape index (κ1) is 17.7. The fourth-order valence-corrected chi connectivity index (χ4v) is 2.71. The van der Waals surface area contributed by atoms with Gasteiger partial charge in [-0.3, -0.25) is 9.78 Å². The molecule has 0 saturated carbocycles. The number of hydrogen-bond donors (Lipinski definition) is 2. The maximum atomic E-state index is 12.5. The van der Waals surface area contributed by atoms with Crippen molar-refractivity contribution in [2.45, 2.75) is 27.3 Å². The lowest BCUT2D eigenvalue weighted by Gasteiger charge is -2.10. The van der Waals surface area contributed by atoms with Gasteiger partial charge in [0.15, 0.2) is 0 Å². The van der Waals surface area contributed by atoms with E-state index in [-0.39, 0.29) is 5.91 Å². The van der Waals surface area contributed by atoms with Crippen LogP contribution in [-0.4, -0.2) is 10.9 Å². The van der Waals surface area contributed by atoms with E-state index in [9.17, 15) is 4.79 Å². The van der Waals surface area contributed by atoms with Crippen LogP contribution >= 0.6 is 0 Å². The molecule has 0 saturated heterocycles. The van der Waals surface area contributed by atoms with Crippen LogP contribution in [0.1, 0.15) is 32.6 Å². The van der Waals surface area contributed by atoms with Crippen LogP contribution in [0.25, 0.3) is 0 Å². The minimum atomic E-state index is -0.167. The predicted molar refractivity (Wildman–Crippen MR) is 107 cm³/mol. The van der Waals surface area contributed by atoms with Crippen LogP contribution in [0.2, 0.25) is 0 Å². The Labute approximate surface area is 154 Å². The van der Waals surface area contributed by atoms with Gasteiger partial charge in [0.1, 0.15) is 0 Å². The highest BCUT2D eigenvalue weighted by Gasteiger charge is 2.08. The molecule has 2 N–H and O–H groups in total. The van der Waals surface area contributed by atoms with E-state index in [1.807, 2.05) is 44.2 Å². The van der Waals surface area contributed by atoms with Crippen LogP contribution in [0.3, 0.4) is 0 Å². The molecule has 26 heavy (non-hydrogen) atoms. The molecule has 0 radical (unpaired) electrons. The second-order valence-corrected chi connectivity index (χ2v) is 6.56. The van der Waals surface area contributed by atoms with Crippen LogP contribution in [0.5, 0.6) is 0 Å². The third-order valence-electron chi connectivity index (χ3n) is 4.34. The summed E-state index contributed by atoms with van der Waals surface area (Å²) in [6.45, 7) is 6.84. The van der Waals surface area contributed by atoms with Gasteiger partial charge in [-0.1, -0.05) is 35.9 Å². The molecule has 1 amide bonds. The van der Waals surface area contributed by atoms with Gasteiger partial charge in [-0.05, 0) is 55.7 Å². The fraction of sp³-hybridized carbons (Fsp3) is 0.182. The molecule has 4 nitrogen and oxygen atoms in total. The van der Waals surface area contributed by atoms with Gasteiger partial charge in [0.25, 0.3) is 5.91 Å². The lowest BCUT2D eigenvalue weighted by Crippen LogP contribution is -2.13. The summed E-state index contributed by atoms with van der Waals surface area (Å²) in [5.41, 5.74) is 6.90. The zero-order valence-corrected chi connectivity index (χ0v) is 15.3. The number of anilines is 2. The van der Waals surface area contributed by atoms with E-state index < -0.39 is 0 Å². The van der Waals surface area contributed by atoms with Gasteiger partial charge >= 0.3 is 0 Å². The van der Waals surface area contributed by atoms with Crippen molar-refractivity contribution in [1.29, 1.82) is 0 Å². The van der Waals surface area contributed by atoms with Crippen LogP contribution in [0.4, 0.5) is 11.4 Å². The largest absolute Gasteiger partial charge is 0.380 e. The summed E-state index contributed by atoms with van der Waals surface area (Å²) in [6.07, 6.45) is 3.30. The molecule has 1 aromatic heterocycles. The minimum Gasteiger partial charge on any atom is -0.380 e. The predicted octanol–water partition coefficient (Wildman–Crippen LogP) is 4.87. The highest BCUT2D eigenvalue weighted by Crippen LogP contribution is 2.16. The highest BCUT2D eigenvalue weighted by atomic mass is 16.1. The number of aryl methyl sites for hydroxylation is 3. The second kappa shape index (κ2) is 7.83. The summed E-state index contributed by atoms with van der Waals surface area (Å²) in [7, 11) is 0. The van der Waals surface area contributed by atoms with Crippen molar-refractivity contribution in [2.75, 3.05) is 10.6 Å². The molecule has 4 heteroatoms. The van der Waals surface area contributed by atoms with E-state index in [4.69, 9.17) is 0 Å². The number of nitrogens with zero attached hydrogens (tertiary/aromatic N) is 1. The maximum Gasteiger partial charge on any atom is 0.257 e. The SMILES string of the molecule is Cc1cccc(CNc2cncc(C(=O)Nc3ccc(C)c(C)c3)c2)c1. The van der Waals surface area contributed by atoms with Crippen molar-refractivity contribution in [1.82, 2.24) is 4.98 Å². The first-order chi connectivity index (χ1) is 12.5. The number of hydrogen-bond acceptors (Lipinski definition) is 3. The average molecular weight is 345 g/mol. The average Bonchev–Trinajstić information content (AvgIpc) is 2.63. The molecular formula is C22H23N3O. The molecule has 1 heterocycles. The third-order valence-corrected chi connectivity index (χ3v) is 4.34. The molecule has 0 fully saturated rings. The molecule has 3 aromatic rings. The molecule has 132 valence electrons. The van der Waals surface area contributed by atoms with Crippen LogP contribution < -0.4 is 10.6 Å². The normalized spacial score (nSPS) is 10.4. The topological polar surface area (TPSA) is 54.0 Å². The molecule has 2 aromatic carbocycles. The summed E-state index contributed by atoms with van der Waals surface area (Å²) in [5, 5.41) is 6.25. The number of benzene rings is 2. The van der Waals surface area contributed by atoms with E-state index >= 15 is 0 Å². The standard InChI is InChI=1S/C22H23N3O/c1-15-5-4-6-18(9-15)12-24-21-11-19(13-23-14-21)22(26)25-20-8-7-16(2)17(3)10-20/h4-11,13-14,24H,12H2,1-3H3,(H,25,26). The summed E-state index contributed by atoms with van der Waals surface area (Å²) in [6, 6.07) is 16.0. The molecule has 0 unspecified atom stereocenters. The van der Waals surface area contributed by atoms with Gasteiger partial charge in [0.2, 0.25) is 0 Å². The Hall–Kier alpha value is -3.14. The van der Waals surface area contributed by atoms with E-state index in [2.05, 4.69) is 40.7 Å². The van der Waals surface area contributed by atoms with Gasteiger partial charge in [-0.2, -0.15) is 0 Å². The first-order valence-electron chi connectivity index (χ1n) is 8.64. The number of aromatic nitrogens is 1. The number of carbonyl (C=O) groups is 1. The van der Waals surface area contributed by atoms with Crippen LogP contribution in [0.15, 0.2) is 60.9 Å². The Morgan fingerprint density at radius 2 is 1.77 bits per heavy atom. The Morgan fingerprint density at radius 1 is 0.923 bits per heavy atom. The summed E-state index contributed by atoms with van der Waals surface area (Å²) in [5.74, 6) is -0.167. The maximum absolute atomic E-state index is 12.5. The van der Waals surface area contributed by atoms with E-state index in [0.29, 0.717) is 12.1 Å². The van der Waals surface area contributed by atoms with Gasteiger partial charge < -0.3 is 10.6 Å². The molecule has 0 aliphatic heterocycles. The van der Waals surface area contributed by atoms with Gasteiger partial charge in [-0.25, -0.2) is 0 Å². The van der Waals surface area contributed by atoms with E-state index in [0.717, 1.165) is 16.9 Å². The van der Waals surface area contributed by atoms with Crippen molar-refractivity contribution < 1.29 is 4.79 Å². The number of pyridine rings is 1. The third kappa shape index (κ3) is 4.48. The lowest BCUT2D eigenvalue weighted by atomic mass is 10.1.